The van der Waals surface area contributed by atoms with Gasteiger partial charge in [0, 0.05) is 6.21 Å². The number of carbonyl (C=O) groups excluding carboxylic acids is 2. The van der Waals surface area contributed by atoms with Crippen LogP contribution in [0.25, 0.3) is 0 Å². The molecule has 21 heavy (non-hydrogen) atoms. The molecule has 1 aromatic heterocycles. The predicted molar refractivity (Wildman–Crippen MR) is 79.2 cm³/mol. The molecule has 0 N–H and O–H groups in total. The van der Waals surface area contributed by atoms with Gasteiger partial charge in [-0.05, 0) is 26.0 Å². The van der Waals surface area contributed by atoms with Crippen LogP contribution in [0.1, 0.15) is 13.8 Å². The number of hydrogen-bond donors (Lipinski definition) is 0. The van der Waals surface area contributed by atoms with Gasteiger partial charge in [-0.15, -0.1) is 0 Å². The number of halogens is 2. The summed E-state index contributed by atoms with van der Waals surface area (Å²) in [4.78, 5) is 31.2. The molecule has 0 unspecified atom stereocenters. The van der Waals surface area contributed by atoms with Gasteiger partial charge < -0.3 is 9.47 Å². The Balaban J connectivity index is 2.96. The van der Waals surface area contributed by atoms with Crippen LogP contribution in [-0.4, -0.2) is 36.4 Å². The van der Waals surface area contributed by atoms with Crippen molar-refractivity contribution < 1.29 is 19.1 Å². The van der Waals surface area contributed by atoms with E-state index in [1.165, 1.54) is 12.1 Å². The molecule has 0 radical (unpaired) electrons. The van der Waals surface area contributed by atoms with Crippen LogP contribution in [0.15, 0.2) is 17.1 Å². The molecule has 0 aromatic carbocycles. The number of esters is 2. The lowest BCUT2D eigenvalue weighted by Gasteiger charge is -2.10. The Morgan fingerprint density at radius 1 is 1.24 bits per heavy atom. The van der Waals surface area contributed by atoms with Gasteiger partial charge in [-0.2, -0.15) is 0 Å². The second-order valence-corrected chi connectivity index (χ2v) is 4.45. The Kier molecular flexibility index (Phi) is 7.11. The summed E-state index contributed by atoms with van der Waals surface area (Å²) in [5, 5.41) is 0.275. The highest BCUT2D eigenvalue weighted by atomic mass is 35.5. The van der Waals surface area contributed by atoms with Gasteiger partial charge >= 0.3 is 11.9 Å². The third kappa shape index (κ3) is 5.32. The first-order valence-electron chi connectivity index (χ1n) is 6.19. The third-order valence-corrected chi connectivity index (χ3v) is 2.73. The SMILES string of the molecule is CCOC(=O)C(C=Nc1ccc(Cl)nc1Cl)C(=O)OCC. The van der Waals surface area contributed by atoms with E-state index < -0.39 is 17.9 Å². The van der Waals surface area contributed by atoms with E-state index >= 15 is 0 Å². The van der Waals surface area contributed by atoms with Crippen LogP contribution < -0.4 is 0 Å². The van der Waals surface area contributed by atoms with Crippen LogP contribution in [0.5, 0.6) is 0 Å². The van der Waals surface area contributed by atoms with E-state index in [-0.39, 0.29) is 29.2 Å². The summed E-state index contributed by atoms with van der Waals surface area (Å²) < 4.78 is 9.62. The summed E-state index contributed by atoms with van der Waals surface area (Å²) in [6, 6.07) is 3.01. The minimum Gasteiger partial charge on any atom is -0.465 e. The van der Waals surface area contributed by atoms with Crippen molar-refractivity contribution in [3.8, 4) is 0 Å². The van der Waals surface area contributed by atoms with Crippen LogP contribution in [0.2, 0.25) is 10.3 Å². The molecule has 0 aliphatic carbocycles. The van der Waals surface area contributed by atoms with Crippen LogP contribution in [-0.2, 0) is 19.1 Å². The van der Waals surface area contributed by atoms with Crippen molar-refractivity contribution in [3.63, 3.8) is 0 Å². The number of nitrogens with zero attached hydrogens (tertiary/aromatic N) is 2. The van der Waals surface area contributed by atoms with Gasteiger partial charge in [-0.1, -0.05) is 23.2 Å². The zero-order chi connectivity index (χ0) is 15.8. The molecule has 1 heterocycles. The van der Waals surface area contributed by atoms with Gasteiger partial charge in [0.2, 0.25) is 0 Å². The second-order valence-electron chi connectivity index (χ2n) is 3.70. The largest absolute Gasteiger partial charge is 0.465 e. The molecule has 0 spiro atoms. The van der Waals surface area contributed by atoms with E-state index in [2.05, 4.69) is 9.98 Å². The highest BCUT2D eigenvalue weighted by Gasteiger charge is 2.27. The molecule has 0 atom stereocenters. The molecule has 1 aromatic rings. The Bertz CT molecular complexity index is 531. The quantitative estimate of drug-likeness (QED) is 0.346. The molecule has 8 heteroatoms. The second kappa shape index (κ2) is 8.59. The summed E-state index contributed by atoms with van der Waals surface area (Å²) in [6.07, 6.45) is 1.12. The van der Waals surface area contributed by atoms with E-state index in [1.807, 2.05) is 0 Å². The fourth-order valence-corrected chi connectivity index (χ4v) is 1.73. The number of aromatic nitrogens is 1. The average Bonchev–Trinajstić information content (AvgIpc) is 2.41. The molecule has 0 fully saturated rings. The summed E-state index contributed by atoms with van der Waals surface area (Å²) in [7, 11) is 0. The number of aliphatic imine (C=N–C) groups is 1. The van der Waals surface area contributed by atoms with Crippen molar-refractivity contribution in [2.45, 2.75) is 13.8 Å². The number of ether oxygens (including phenoxy) is 2. The molecule has 6 nitrogen and oxygen atoms in total. The fourth-order valence-electron chi connectivity index (χ4n) is 1.34. The van der Waals surface area contributed by atoms with Gasteiger partial charge in [0.05, 0.1) is 13.2 Å². The lowest BCUT2D eigenvalue weighted by molar-refractivity contribution is -0.157. The van der Waals surface area contributed by atoms with Gasteiger partial charge in [0.15, 0.2) is 11.1 Å². The fraction of sp³-hybridized carbons (Fsp3) is 0.385. The Morgan fingerprint density at radius 3 is 2.29 bits per heavy atom. The average molecular weight is 333 g/mol. The van der Waals surface area contributed by atoms with E-state index in [1.54, 1.807) is 13.8 Å². The molecule has 0 saturated heterocycles. The van der Waals surface area contributed by atoms with Gasteiger partial charge in [-0.3, -0.25) is 14.6 Å². The van der Waals surface area contributed by atoms with Crippen molar-refractivity contribution in [1.29, 1.82) is 0 Å². The maximum atomic E-state index is 11.7. The van der Waals surface area contributed by atoms with Crippen molar-refractivity contribution >= 4 is 47.0 Å². The number of rotatable bonds is 6. The summed E-state index contributed by atoms with van der Waals surface area (Å²) >= 11 is 11.5. The normalized spacial score (nSPS) is 10.9. The number of carbonyl (C=O) groups is 2. The Labute approximate surface area is 132 Å². The lowest BCUT2D eigenvalue weighted by atomic mass is 10.2. The molecule has 1 rings (SSSR count). The minimum absolute atomic E-state index is 0.0604. The lowest BCUT2D eigenvalue weighted by Crippen LogP contribution is -2.29. The van der Waals surface area contributed by atoms with E-state index in [0.29, 0.717) is 0 Å². The molecule has 0 aliphatic rings. The molecule has 0 bridgehead atoms. The molecule has 0 amide bonds. The van der Waals surface area contributed by atoms with Crippen molar-refractivity contribution in [1.82, 2.24) is 4.98 Å². The van der Waals surface area contributed by atoms with Crippen LogP contribution in [0.4, 0.5) is 5.69 Å². The first-order chi connectivity index (χ1) is 9.99. The Hall–Kier alpha value is -1.66. The van der Waals surface area contributed by atoms with E-state index in [9.17, 15) is 9.59 Å². The summed E-state index contributed by atoms with van der Waals surface area (Å²) in [5.41, 5.74) is 0.277. The van der Waals surface area contributed by atoms with Crippen LogP contribution >= 0.6 is 23.2 Å². The monoisotopic (exact) mass is 332 g/mol. The molecule has 114 valence electrons. The van der Waals surface area contributed by atoms with Gasteiger partial charge in [0.1, 0.15) is 10.8 Å². The van der Waals surface area contributed by atoms with Crippen LogP contribution in [0, 0.1) is 5.92 Å². The zero-order valence-corrected chi connectivity index (χ0v) is 13.0. The number of pyridine rings is 1. The maximum Gasteiger partial charge on any atom is 0.325 e. The number of hydrogen-bond acceptors (Lipinski definition) is 6. The molecular formula is C13H14Cl2N2O4. The van der Waals surface area contributed by atoms with Crippen LogP contribution in [0.3, 0.4) is 0 Å². The summed E-state index contributed by atoms with van der Waals surface area (Å²) in [5.74, 6) is -2.73. The van der Waals surface area contributed by atoms with Gasteiger partial charge in [-0.25, -0.2) is 4.98 Å². The first-order valence-corrected chi connectivity index (χ1v) is 6.94. The van der Waals surface area contributed by atoms with Gasteiger partial charge in [0.25, 0.3) is 0 Å². The predicted octanol–water partition coefficient (Wildman–Crippen LogP) is 2.83. The van der Waals surface area contributed by atoms with E-state index in [0.717, 1.165) is 6.21 Å². The van der Waals surface area contributed by atoms with E-state index in [4.69, 9.17) is 32.7 Å². The summed E-state index contributed by atoms with van der Waals surface area (Å²) in [6.45, 7) is 3.56. The highest BCUT2D eigenvalue weighted by molar-refractivity contribution is 6.34. The van der Waals surface area contributed by atoms with Crippen molar-refractivity contribution in [2.24, 2.45) is 10.9 Å². The molecular weight excluding hydrogens is 319 g/mol. The molecule has 0 saturated carbocycles. The highest BCUT2D eigenvalue weighted by Crippen LogP contribution is 2.24. The third-order valence-electron chi connectivity index (χ3n) is 2.24. The topological polar surface area (TPSA) is 77.9 Å². The first kappa shape index (κ1) is 17.4. The molecule has 0 aliphatic heterocycles. The Morgan fingerprint density at radius 2 is 1.81 bits per heavy atom. The van der Waals surface area contributed by atoms with Crippen molar-refractivity contribution in [3.05, 3.63) is 22.4 Å². The minimum atomic E-state index is -1.25. The smallest absolute Gasteiger partial charge is 0.325 e. The zero-order valence-electron chi connectivity index (χ0n) is 11.5. The maximum absolute atomic E-state index is 11.7. The van der Waals surface area contributed by atoms with Crippen molar-refractivity contribution in [2.75, 3.05) is 13.2 Å². The standard InChI is InChI=1S/C13H14Cl2N2O4/c1-3-20-12(18)8(13(19)21-4-2)7-16-9-5-6-10(14)17-11(9)15/h5-8H,3-4H2,1-2H3.